The number of aromatic nitrogens is 2. The predicted octanol–water partition coefficient (Wildman–Crippen LogP) is 1.78. The van der Waals surface area contributed by atoms with E-state index in [0.717, 1.165) is 25.7 Å². The van der Waals surface area contributed by atoms with Crippen LogP contribution in [0, 0.1) is 0 Å². The molecule has 0 N–H and O–H groups in total. The van der Waals surface area contributed by atoms with Gasteiger partial charge in [0.25, 0.3) is 10.2 Å². The zero-order chi connectivity index (χ0) is 20.9. The second kappa shape index (κ2) is 9.99. The summed E-state index contributed by atoms with van der Waals surface area (Å²) in [5.74, 6) is 1.53. The minimum atomic E-state index is -3.41. The van der Waals surface area contributed by atoms with Crippen molar-refractivity contribution in [3.05, 3.63) is 11.7 Å². The van der Waals surface area contributed by atoms with Crippen LogP contribution in [0.1, 0.15) is 70.0 Å². The summed E-state index contributed by atoms with van der Waals surface area (Å²) in [5.41, 5.74) is 0. The predicted molar refractivity (Wildman–Crippen MR) is 108 cm³/mol. The molecule has 29 heavy (non-hydrogen) atoms. The highest BCUT2D eigenvalue weighted by molar-refractivity contribution is 7.86. The van der Waals surface area contributed by atoms with E-state index in [0.29, 0.717) is 70.2 Å². The molecule has 0 bridgehead atoms. The molecule has 2 saturated heterocycles. The lowest BCUT2D eigenvalue weighted by Gasteiger charge is -2.36. The van der Waals surface area contributed by atoms with E-state index in [1.165, 1.54) is 4.31 Å². The standard InChI is InChI=1S/C19H33N5O4S/c1-16(2)19-20-17(28-21-19)8-7-9-18(25)22-12-14-24(15-13-22)29(26,27)23-10-5-3-4-6-11-23/h16H,3-15H2,1-2H3. The number of piperazine rings is 1. The molecule has 0 aromatic carbocycles. The van der Waals surface area contributed by atoms with E-state index in [2.05, 4.69) is 10.1 Å². The Morgan fingerprint density at radius 3 is 2.21 bits per heavy atom. The van der Waals surface area contributed by atoms with Crippen molar-refractivity contribution in [2.45, 2.75) is 64.7 Å². The largest absolute Gasteiger partial charge is 0.340 e. The molecule has 1 amide bonds. The normalized spacial score (nSPS) is 20.2. The third kappa shape index (κ3) is 5.76. The van der Waals surface area contributed by atoms with Crippen LogP contribution in [0.2, 0.25) is 0 Å². The minimum absolute atomic E-state index is 0.0559. The van der Waals surface area contributed by atoms with Crippen LogP contribution in [0.15, 0.2) is 4.52 Å². The van der Waals surface area contributed by atoms with E-state index >= 15 is 0 Å². The molecular formula is C19H33N5O4S. The first-order chi connectivity index (χ1) is 13.9. The molecule has 0 spiro atoms. The van der Waals surface area contributed by atoms with Gasteiger partial charge in [-0.25, -0.2) is 0 Å². The number of carbonyl (C=O) groups excluding carboxylic acids is 1. The average molecular weight is 428 g/mol. The molecule has 0 atom stereocenters. The van der Waals surface area contributed by atoms with Gasteiger partial charge in [-0.05, 0) is 19.3 Å². The Hall–Kier alpha value is -1.52. The Labute approximate surface area is 173 Å². The van der Waals surface area contributed by atoms with Crippen molar-refractivity contribution < 1.29 is 17.7 Å². The summed E-state index contributed by atoms with van der Waals surface area (Å²) < 4.78 is 34.1. The SMILES string of the molecule is CC(C)c1noc(CCCC(=O)N2CCN(S(=O)(=O)N3CCCCCC3)CC2)n1. The summed E-state index contributed by atoms with van der Waals surface area (Å²) >= 11 is 0. The van der Waals surface area contributed by atoms with Gasteiger partial charge in [0.1, 0.15) is 0 Å². The number of carbonyl (C=O) groups is 1. The first-order valence-corrected chi connectivity index (χ1v) is 12.1. The summed E-state index contributed by atoms with van der Waals surface area (Å²) in [7, 11) is -3.41. The molecule has 10 heteroatoms. The highest BCUT2D eigenvalue weighted by atomic mass is 32.2. The number of amides is 1. The maximum absolute atomic E-state index is 12.9. The lowest BCUT2D eigenvalue weighted by atomic mass is 10.2. The highest BCUT2D eigenvalue weighted by Gasteiger charge is 2.33. The molecule has 3 heterocycles. The Balaban J connectivity index is 1.42. The molecule has 2 aliphatic heterocycles. The summed E-state index contributed by atoms with van der Waals surface area (Å²) in [6.45, 7) is 6.85. The first-order valence-electron chi connectivity index (χ1n) is 10.7. The molecule has 3 rings (SSSR count). The Morgan fingerprint density at radius 1 is 1.00 bits per heavy atom. The van der Waals surface area contributed by atoms with Crippen LogP contribution >= 0.6 is 0 Å². The van der Waals surface area contributed by atoms with Gasteiger partial charge in [-0.2, -0.15) is 22.0 Å². The zero-order valence-corrected chi connectivity index (χ0v) is 18.4. The first kappa shape index (κ1) is 22.2. The van der Waals surface area contributed by atoms with Crippen LogP contribution in [-0.2, 0) is 21.4 Å². The second-order valence-electron chi connectivity index (χ2n) is 8.16. The topological polar surface area (TPSA) is 99.8 Å². The quantitative estimate of drug-likeness (QED) is 0.658. The fourth-order valence-electron chi connectivity index (χ4n) is 3.76. The molecule has 2 aliphatic rings. The molecule has 0 radical (unpaired) electrons. The van der Waals surface area contributed by atoms with Crippen molar-refractivity contribution in [1.82, 2.24) is 23.7 Å². The lowest BCUT2D eigenvalue weighted by molar-refractivity contribution is -0.132. The van der Waals surface area contributed by atoms with Gasteiger partial charge in [-0.1, -0.05) is 31.8 Å². The molecule has 2 fully saturated rings. The second-order valence-corrected chi connectivity index (χ2v) is 10.1. The van der Waals surface area contributed by atoms with Crippen LogP contribution < -0.4 is 0 Å². The number of rotatable bonds is 7. The van der Waals surface area contributed by atoms with Crippen LogP contribution in [-0.4, -0.2) is 77.2 Å². The van der Waals surface area contributed by atoms with E-state index in [1.54, 1.807) is 9.21 Å². The van der Waals surface area contributed by atoms with Crippen LogP contribution in [0.25, 0.3) is 0 Å². The van der Waals surface area contributed by atoms with Gasteiger partial charge in [-0.15, -0.1) is 0 Å². The molecule has 9 nitrogen and oxygen atoms in total. The minimum Gasteiger partial charge on any atom is -0.340 e. The molecule has 1 aromatic rings. The van der Waals surface area contributed by atoms with Crippen molar-refractivity contribution in [1.29, 1.82) is 0 Å². The van der Waals surface area contributed by atoms with E-state index in [4.69, 9.17) is 4.52 Å². The van der Waals surface area contributed by atoms with Crippen molar-refractivity contribution in [2.24, 2.45) is 0 Å². The maximum Gasteiger partial charge on any atom is 0.282 e. The van der Waals surface area contributed by atoms with E-state index in [9.17, 15) is 13.2 Å². The fourth-order valence-corrected chi connectivity index (χ4v) is 5.43. The molecule has 0 aliphatic carbocycles. The third-order valence-corrected chi connectivity index (χ3v) is 7.63. The molecule has 0 unspecified atom stereocenters. The number of hydrogen-bond acceptors (Lipinski definition) is 6. The zero-order valence-electron chi connectivity index (χ0n) is 17.5. The molecular weight excluding hydrogens is 394 g/mol. The lowest BCUT2D eigenvalue weighted by Crippen LogP contribution is -2.54. The number of aryl methyl sites for hydroxylation is 1. The van der Waals surface area contributed by atoms with E-state index in [-0.39, 0.29) is 11.8 Å². The van der Waals surface area contributed by atoms with E-state index < -0.39 is 10.2 Å². The fraction of sp³-hybridized carbons (Fsp3) is 0.842. The van der Waals surface area contributed by atoms with Gasteiger partial charge in [-0.3, -0.25) is 4.79 Å². The summed E-state index contributed by atoms with van der Waals surface area (Å²) in [4.78, 5) is 18.6. The van der Waals surface area contributed by atoms with Crippen LogP contribution in [0.5, 0.6) is 0 Å². The Morgan fingerprint density at radius 2 is 1.62 bits per heavy atom. The smallest absolute Gasteiger partial charge is 0.282 e. The van der Waals surface area contributed by atoms with Crippen molar-refractivity contribution in [3.8, 4) is 0 Å². The summed E-state index contributed by atoms with van der Waals surface area (Å²) in [6, 6.07) is 0. The molecule has 164 valence electrons. The Kier molecular flexibility index (Phi) is 7.64. The number of hydrogen-bond donors (Lipinski definition) is 0. The van der Waals surface area contributed by atoms with E-state index in [1.807, 2.05) is 13.8 Å². The van der Waals surface area contributed by atoms with Gasteiger partial charge in [0.2, 0.25) is 11.8 Å². The summed E-state index contributed by atoms with van der Waals surface area (Å²) in [5, 5.41) is 3.93. The van der Waals surface area contributed by atoms with Gasteiger partial charge in [0, 0.05) is 58.0 Å². The van der Waals surface area contributed by atoms with Gasteiger partial charge < -0.3 is 9.42 Å². The monoisotopic (exact) mass is 427 g/mol. The highest BCUT2D eigenvalue weighted by Crippen LogP contribution is 2.18. The molecule has 0 saturated carbocycles. The summed E-state index contributed by atoms with van der Waals surface area (Å²) in [6.07, 6.45) is 5.66. The van der Waals surface area contributed by atoms with Gasteiger partial charge >= 0.3 is 0 Å². The average Bonchev–Trinajstić information content (AvgIpc) is 3.01. The van der Waals surface area contributed by atoms with Crippen molar-refractivity contribution >= 4 is 16.1 Å². The van der Waals surface area contributed by atoms with Crippen molar-refractivity contribution in [3.63, 3.8) is 0 Å². The third-order valence-electron chi connectivity index (χ3n) is 5.59. The Bertz CT molecular complexity index is 763. The maximum atomic E-state index is 12.9. The van der Waals surface area contributed by atoms with Crippen molar-refractivity contribution in [2.75, 3.05) is 39.3 Å². The van der Waals surface area contributed by atoms with Crippen LogP contribution in [0.3, 0.4) is 0 Å². The van der Waals surface area contributed by atoms with Crippen LogP contribution in [0.4, 0.5) is 0 Å². The molecule has 1 aromatic heterocycles. The van der Waals surface area contributed by atoms with Gasteiger partial charge in [0.05, 0.1) is 0 Å². The van der Waals surface area contributed by atoms with Gasteiger partial charge in [0.15, 0.2) is 5.82 Å². The number of nitrogens with zero attached hydrogens (tertiary/aromatic N) is 5.